The lowest BCUT2D eigenvalue weighted by Gasteiger charge is -2.36. The Hall–Kier alpha value is -3.95. The minimum absolute atomic E-state index is 0.103. The molecule has 0 spiro atoms. The molecule has 44 heavy (non-hydrogen) atoms. The van der Waals surface area contributed by atoms with Gasteiger partial charge in [0.2, 0.25) is 5.91 Å². The van der Waals surface area contributed by atoms with Crippen molar-refractivity contribution < 1.29 is 4.79 Å². The first kappa shape index (κ1) is 31.5. The molecule has 1 amide bonds. The second-order valence-corrected chi connectivity index (χ2v) is 13.6. The highest BCUT2D eigenvalue weighted by Gasteiger charge is 2.32. The van der Waals surface area contributed by atoms with Gasteiger partial charge in [-0.15, -0.1) is 0 Å². The summed E-state index contributed by atoms with van der Waals surface area (Å²) >= 11 is 0. The normalized spacial score (nSPS) is 17.3. The van der Waals surface area contributed by atoms with Crippen LogP contribution < -0.4 is 4.90 Å². The summed E-state index contributed by atoms with van der Waals surface area (Å²) in [6, 6.07) is 0.386. The number of aromatic nitrogens is 8. The number of carbonyl (C=O) groups is 1. The summed E-state index contributed by atoms with van der Waals surface area (Å²) in [6.07, 6.45) is 17.2. The van der Waals surface area contributed by atoms with E-state index in [4.69, 9.17) is 20.1 Å². The van der Waals surface area contributed by atoms with Gasteiger partial charge >= 0.3 is 0 Å². The van der Waals surface area contributed by atoms with Crippen molar-refractivity contribution in [1.29, 1.82) is 0 Å². The van der Waals surface area contributed by atoms with E-state index in [-0.39, 0.29) is 23.4 Å². The van der Waals surface area contributed by atoms with Gasteiger partial charge in [0.05, 0.1) is 30.0 Å². The van der Waals surface area contributed by atoms with E-state index in [0.717, 1.165) is 78.1 Å². The third kappa shape index (κ3) is 6.89. The number of carbonyl (C=O) groups excluding carboxylic acids is 1. The largest absolute Gasteiger partial charge is 0.292 e. The zero-order chi connectivity index (χ0) is 31.6. The summed E-state index contributed by atoms with van der Waals surface area (Å²) in [7, 11) is 1.88. The summed E-state index contributed by atoms with van der Waals surface area (Å²) in [6.45, 7) is 15.0. The molecule has 0 aliphatic heterocycles. The molecule has 0 radical (unpaired) electrons. The Kier molecular flexibility index (Phi) is 9.27. The van der Waals surface area contributed by atoms with E-state index in [1.807, 2.05) is 35.9 Å². The van der Waals surface area contributed by atoms with Crippen molar-refractivity contribution in [3.8, 4) is 22.6 Å². The number of hydrogen-bond donors (Lipinski definition) is 0. The summed E-state index contributed by atoms with van der Waals surface area (Å²) < 4.78 is 3.76. The van der Waals surface area contributed by atoms with Crippen molar-refractivity contribution in [3.05, 3.63) is 54.1 Å². The predicted molar refractivity (Wildman–Crippen MR) is 173 cm³/mol. The minimum atomic E-state index is -0.104. The summed E-state index contributed by atoms with van der Waals surface area (Å²) in [5.74, 6) is 2.06. The molecule has 10 heteroatoms. The molecule has 0 N–H and O–H groups in total. The van der Waals surface area contributed by atoms with Crippen molar-refractivity contribution in [3.63, 3.8) is 0 Å². The Morgan fingerprint density at radius 3 is 2.32 bits per heavy atom. The Morgan fingerprint density at radius 2 is 1.75 bits per heavy atom. The Balaban J connectivity index is 1.32. The van der Waals surface area contributed by atoms with E-state index in [0.29, 0.717) is 18.2 Å². The molecular weight excluding hydrogens is 550 g/mol. The van der Waals surface area contributed by atoms with E-state index >= 15 is 0 Å². The van der Waals surface area contributed by atoms with Crippen molar-refractivity contribution in [1.82, 2.24) is 39.5 Å². The van der Waals surface area contributed by atoms with Crippen LogP contribution in [0.2, 0.25) is 0 Å². The molecule has 1 saturated carbocycles. The quantitative estimate of drug-likeness (QED) is 0.212. The third-order valence-corrected chi connectivity index (χ3v) is 8.59. The van der Waals surface area contributed by atoms with Crippen molar-refractivity contribution in [2.24, 2.45) is 13.0 Å². The lowest BCUT2D eigenvalue weighted by atomic mass is 9.82. The van der Waals surface area contributed by atoms with Crippen LogP contribution in [0.4, 0.5) is 5.82 Å². The molecule has 1 aliphatic rings. The van der Waals surface area contributed by atoms with Crippen molar-refractivity contribution in [2.45, 2.75) is 111 Å². The molecule has 1 fully saturated rings. The van der Waals surface area contributed by atoms with Crippen LogP contribution in [0.5, 0.6) is 0 Å². The van der Waals surface area contributed by atoms with Gasteiger partial charge in [0.1, 0.15) is 11.5 Å². The smallest absolute Gasteiger partial charge is 0.228 e. The van der Waals surface area contributed by atoms with E-state index in [1.165, 1.54) is 0 Å². The number of nitrogens with zero attached hydrogens (tertiary/aromatic N) is 9. The molecular formula is C34H47N9O. The fraction of sp³-hybridized carbons (Fsp3) is 0.559. The monoisotopic (exact) mass is 597 g/mol. The van der Waals surface area contributed by atoms with Crippen molar-refractivity contribution >= 4 is 11.7 Å². The predicted octanol–water partition coefficient (Wildman–Crippen LogP) is 6.65. The topological polar surface area (TPSA) is 108 Å². The van der Waals surface area contributed by atoms with Crippen LogP contribution in [0, 0.1) is 12.8 Å². The van der Waals surface area contributed by atoms with E-state index in [9.17, 15) is 4.79 Å². The van der Waals surface area contributed by atoms with Crippen LogP contribution in [0.1, 0.15) is 103 Å². The van der Waals surface area contributed by atoms with Crippen molar-refractivity contribution in [2.75, 3.05) is 4.90 Å². The van der Waals surface area contributed by atoms with Crippen LogP contribution in [0.25, 0.3) is 22.6 Å². The molecule has 0 aromatic carbocycles. The fourth-order valence-corrected chi connectivity index (χ4v) is 6.09. The standard InChI is InChI=1S/C34H47N9O/c1-9-10-31(44)43(30-19-35-28(18-37-30)25-16-38-41(8)21-25)26-13-11-24(12-14-26)15-29-36-17-27(34(5,6)7)33(39-29)32-23(4)20-42(40-32)22(2)3/h16-22,24,26H,9-15H2,1-8H3. The lowest BCUT2D eigenvalue weighted by Crippen LogP contribution is -2.43. The van der Waals surface area contributed by atoms with E-state index in [1.54, 1.807) is 23.3 Å². The minimum Gasteiger partial charge on any atom is -0.292 e. The SMILES string of the molecule is CCCC(=O)N(c1cnc(-c2cnn(C)c2)cn1)C1CCC(Cc2ncc(C(C)(C)C)c(-c3nn(C(C)C)cc3C)n2)CC1. The van der Waals surface area contributed by atoms with Gasteiger partial charge in [-0.3, -0.25) is 24.0 Å². The number of amides is 1. The molecule has 0 saturated heterocycles. The summed E-state index contributed by atoms with van der Waals surface area (Å²) in [5.41, 5.74) is 5.67. The van der Waals surface area contributed by atoms with Gasteiger partial charge in [0.15, 0.2) is 5.82 Å². The summed E-state index contributed by atoms with van der Waals surface area (Å²) in [4.78, 5) is 34.6. The molecule has 5 rings (SSSR count). The first-order valence-corrected chi connectivity index (χ1v) is 16.0. The number of aryl methyl sites for hydroxylation is 2. The van der Waals surface area contributed by atoms with Gasteiger partial charge < -0.3 is 0 Å². The molecule has 4 heterocycles. The first-order chi connectivity index (χ1) is 20.9. The molecule has 0 unspecified atom stereocenters. The van der Waals surface area contributed by atoms with Gasteiger partial charge in [0, 0.05) is 61.7 Å². The molecule has 0 bridgehead atoms. The molecule has 0 atom stereocenters. The lowest BCUT2D eigenvalue weighted by molar-refractivity contribution is -0.119. The zero-order valence-corrected chi connectivity index (χ0v) is 27.6. The Bertz CT molecular complexity index is 1570. The second kappa shape index (κ2) is 13.0. The number of hydrogen-bond acceptors (Lipinski definition) is 7. The third-order valence-electron chi connectivity index (χ3n) is 8.59. The molecule has 4 aromatic rings. The average molecular weight is 598 g/mol. The first-order valence-electron chi connectivity index (χ1n) is 16.0. The number of rotatable bonds is 9. The second-order valence-electron chi connectivity index (χ2n) is 13.6. The van der Waals surface area contributed by atoms with Crippen LogP contribution >= 0.6 is 0 Å². The zero-order valence-electron chi connectivity index (χ0n) is 27.6. The molecule has 234 valence electrons. The Labute approximate surface area is 261 Å². The molecule has 10 nitrogen and oxygen atoms in total. The Morgan fingerprint density at radius 1 is 1.00 bits per heavy atom. The molecule has 4 aromatic heterocycles. The van der Waals surface area contributed by atoms with Crippen LogP contribution in [0.15, 0.2) is 37.2 Å². The average Bonchev–Trinajstić information content (AvgIpc) is 3.59. The highest BCUT2D eigenvalue weighted by molar-refractivity contribution is 5.93. The maximum atomic E-state index is 13.3. The van der Waals surface area contributed by atoms with Crippen LogP contribution in [-0.4, -0.2) is 51.4 Å². The summed E-state index contributed by atoms with van der Waals surface area (Å²) in [5, 5.41) is 9.16. The highest BCUT2D eigenvalue weighted by atomic mass is 16.2. The molecule has 1 aliphatic carbocycles. The maximum absolute atomic E-state index is 13.3. The van der Waals surface area contributed by atoms with Gasteiger partial charge in [-0.2, -0.15) is 10.2 Å². The fourth-order valence-electron chi connectivity index (χ4n) is 6.09. The van der Waals surface area contributed by atoms with Gasteiger partial charge in [-0.05, 0) is 69.8 Å². The van der Waals surface area contributed by atoms with Gasteiger partial charge in [-0.1, -0.05) is 27.7 Å². The van der Waals surface area contributed by atoms with Gasteiger partial charge in [0.25, 0.3) is 0 Å². The van der Waals surface area contributed by atoms with E-state index in [2.05, 4.69) is 57.8 Å². The number of anilines is 1. The highest BCUT2D eigenvalue weighted by Crippen LogP contribution is 2.35. The maximum Gasteiger partial charge on any atom is 0.228 e. The van der Waals surface area contributed by atoms with Crippen LogP contribution in [-0.2, 0) is 23.7 Å². The van der Waals surface area contributed by atoms with Crippen LogP contribution in [0.3, 0.4) is 0 Å². The van der Waals surface area contributed by atoms with E-state index < -0.39 is 0 Å². The van der Waals surface area contributed by atoms with Gasteiger partial charge in [-0.25, -0.2) is 15.0 Å².